The van der Waals surface area contributed by atoms with E-state index in [1.807, 2.05) is 0 Å². The van der Waals surface area contributed by atoms with Gasteiger partial charge in [0.2, 0.25) is 5.95 Å². The van der Waals surface area contributed by atoms with Gasteiger partial charge in [-0.3, -0.25) is 9.78 Å². The van der Waals surface area contributed by atoms with Crippen molar-refractivity contribution in [2.75, 3.05) is 12.3 Å². The molecule has 10 heteroatoms. The molecule has 1 aliphatic heterocycles. The molecule has 0 saturated carbocycles. The minimum absolute atomic E-state index is 0.00582. The number of aliphatic hydroxyl groups is 2. The summed E-state index contributed by atoms with van der Waals surface area (Å²) >= 11 is 0. The van der Waals surface area contributed by atoms with Crippen LogP contribution in [0.1, 0.15) is 16.6 Å². The van der Waals surface area contributed by atoms with Crippen molar-refractivity contribution in [2.24, 2.45) is 0 Å². The van der Waals surface area contributed by atoms with E-state index in [0.29, 0.717) is 0 Å². The lowest BCUT2D eigenvalue weighted by Gasteiger charge is -2.14. The second-order valence-corrected chi connectivity index (χ2v) is 4.69. The van der Waals surface area contributed by atoms with Gasteiger partial charge in [-0.05, 0) is 0 Å². The van der Waals surface area contributed by atoms with Crippen molar-refractivity contribution in [2.45, 2.75) is 12.3 Å². The second kappa shape index (κ2) is 4.86. The fourth-order valence-electron chi connectivity index (χ4n) is 2.34. The zero-order valence-electron chi connectivity index (χ0n) is 11.1. The van der Waals surface area contributed by atoms with Gasteiger partial charge in [0, 0.05) is 12.3 Å². The van der Waals surface area contributed by atoms with Crippen LogP contribution in [0.2, 0.25) is 0 Å². The van der Waals surface area contributed by atoms with Crippen molar-refractivity contribution >= 4 is 23.0 Å². The maximum absolute atomic E-state index is 11.9. The first-order valence-electron chi connectivity index (χ1n) is 6.23. The highest BCUT2D eigenvalue weighted by Gasteiger charge is 2.30. The minimum atomic E-state index is -1.31. The van der Waals surface area contributed by atoms with Gasteiger partial charge in [-0.2, -0.15) is 4.98 Å². The Morgan fingerprint density at radius 2 is 2.27 bits per heavy atom. The summed E-state index contributed by atoms with van der Waals surface area (Å²) in [4.78, 5) is 29.4. The van der Waals surface area contributed by atoms with Crippen LogP contribution in [0.15, 0.2) is 22.8 Å². The summed E-state index contributed by atoms with van der Waals surface area (Å²) in [6.07, 6.45) is 0.616. The lowest BCUT2D eigenvalue weighted by Crippen LogP contribution is -2.18. The molecule has 0 aromatic carbocycles. The Kier molecular flexibility index (Phi) is 3.11. The molecule has 1 aliphatic rings. The summed E-state index contributed by atoms with van der Waals surface area (Å²) < 4.78 is 6.63. The quantitative estimate of drug-likeness (QED) is 0.498. The molecule has 0 saturated heterocycles. The molecule has 0 bridgehead atoms. The van der Waals surface area contributed by atoms with Gasteiger partial charge >= 0.3 is 5.97 Å². The first-order chi connectivity index (χ1) is 10.4. The van der Waals surface area contributed by atoms with E-state index in [2.05, 4.69) is 9.97 Å². The van der Waals surface area contributed by atoms with Crippen LogP contribution in [-0.4, -0.2) is 48.5 Å². The normalized spacial score (nSPS) is 21.2. The monoisotopic (exact) mass is 308 g/mol. The van der Waals surface area contributed by atoms with Crippen LogP contribution in [0.25, 0.3) is 11.0 Å². The molecule has 0 aliphatic carbocycles. The number of nitrogen functional groups attached to an aromatic ring is 1. The number of aromatic amines is 1. The van der Waals surface area contributed by atoms with E-state index in [1.54, 1.807) is 0 Å². The molecular weight excluding hydrogens is 296 g/mol. The Balaban J connectivity index is 2.23. The fourth-order valence-corrected chi connectivity index (χ4v) is 2.34. The number of hydrogen-bond acceptors (Lipinski definition) is 7. The van der Waals surface area contributed by atoms with Crippen LogP contribution < -0.4 is 11.3 Å². The number of carboxylic acid groups (broad SMARTS) is 1. The van der Waals surface area contributed by atoms with E-state index in [0.717, 1.165) is 0 Å². The number of carbonyl (C=O) groups is 1. The standard InChI is InChI=1S/C12H12N4O6/c13-12-14-9-8(10(19)15-12)4(11(20)21)2-16(9)7-1-5(18)6(3-17)22-7/h1-2,6-7,17-18H,3H2,(H,20,21)(H3,13,14,15,19). The van der Waals surface area contributed by atoms with Crippen LogP contribution in [0.4, 0.5) is 5.95 Å². The molecule has 3 heterocycles. The topological polar surface area (TPSA) is 164 Å². The number of anilines is 1. The molecule has 2 unspecified atom stereocenters. The van der Waals surface area contributed by atoms with E-state index in [9.17, 15) is 19.8 Å². The molecular formula is C12H12N4O6. The molecule has 3 rings (SSSR count). The number of nitrogens with zero attached hydrogens (tertiary/aromatic N) is 2. The highest BCUT2D eigenvalue weighted by molar-refractivity contribution is 6.02. The Bertz CT molecular complexity index is 851. The van der Waals surface area contributed by atoms with Gasteiger partial charge in [-0.25, -0.2) is 4.79 Å². The summed E-state index contributed by atoms with van der Waals surface area (Å²) in [5, 5.41) is 27.8. The molecule has 0 amide bonds. The Morgan fingerprint density at radius 1 is 1.55 bits per heavy atom. The highest BCUT2D eigenvalue weighted by atomic mass is 16.5. The number of hydrogen-bond donors (Lipinski definition) is 5. The van der Waals surface area contributed by atoms with Gasteiger partial charge in [0.25, 0.3) is 5.56 Å². The number of nitrogens with one attached hydrogen (secondary N) is 1. The molecule has 22 heavy (non-hydrogen) atoms. The van der Waals surface area contributed by atoms with Gasteiger partial charge in [-0.1, -0.05) is 0 Å². The van der Waals surface area contributed by atoms with Gasteiger partial charge in [0.15, 0.2) is 11.9 Å². The molecule has 2 atom stereocenters. The van der Waals surface area contributed by atoms with E-state index < -0.39 is 30.5 Å². The molecule has 6 N–H and O–H groups in total. The predicted octanol–water partition coefficient (Wildman–Crippen LogP) is -0.663. The third-order valence-corrected chi connectivity index (χ3v) is 3.32. The summed E-state index contributed by atoms with van der Waals surface area (Å²) in [6.45, 7) is -0.444. The first-order valence-corrected chi connectivity index (χ1v) is 6.23. The summed E-state index contributed by atoms with van der Waals surface area (Å²) in [5.41, 5.74) is 4.53. The van der Waals surface area contributed by atoms with Crippen LogP contribution in [0.5, 0.6) is 0 Å². The zero-order chi connectivity index (χ0) is 16.0. The zero-order valence-corrected chi connectivity index (χ0v) is 11.1. The van der Waals surface area contributed by atoms with Crippen LogP contribution >= 0.6 is 0 Å². The van der Waals surface area contributed by atoms with Crippen molar-refractivity contribution in [3.63, 3.8) is 0 Å². The lowest BCUT2D eigenvalue weighted by molar-refractivity contribution is -0.0214. The lowest BCUT2D eigenvalue weighted by atomic mass is 10.2. The Morgan fingerprint density at radius 3 is 2.86 bits per heavy atom. The molecule has 10 nitrogen and oxygen atoms in total. The average Bonchev–Trinajstić information content (AvgIpc) is 2.99. The smallest absolute Gasteiger partial charge is 0.338 e. The van der Waals surface area contributed by atoms with E-state index >= 15 is 0 Å². The minimum Gasteiger partial charge on any atom is -0.510 e. The molecule has 0 fully saturated rings. The number of nitrogens with two attached hydrogens (primary N) is 1. The number of ether oxygens (including phenoxy) is 1. The van der Waals surface area contributed by atoms with Gasteiger partial charge in [-0.15, -0.1) is 0 Å². The summed E-state index contributed by atoms with van der Waals surface area (Å²) in [6, 6.07) is 0. The fraction of sp³-hybridized carbons (Fsp3) is 0.250. The van der Waals surface area contributed by atoms with Gasteiger partial charge < -0.3 is 30.4 Å². The summed E-state index contributed by atoms with van der Waals surface area (Å²) in [7, 11) is 0. The first kappa shape index (κ1) is 14.1. The van der Waals surface area contributed by atoms with Gasteiger partial charge in [0.05, 0.1) is 17.6 Å². The number of aromatic nitrogens is 3. The molecule has 116 valence electrons. The van der Waals surface area contributed by atoms with Crippen LogP contribution in [-0.2, 0) is 4.74 Å². The maximum atomic E-state index is 11.9. The number of carboxylic acids is 1. The van der Waals surface area contributed by atoms with Crippen molar-refractivity contribution in [1.82, 2.24) is 14.5 Å². The number of aromatic carboxylic acids is 1. The number of rotatable bonds is 3. The van der Waals surface area contributed by atoms with Crippen molar-refractivity contribution in [1.29, 1.82) is 0 Å². The van der Waals surface area contributed by atoms with E-state index in [-0.39, 0.29) is 28.3 Å². The van der Waals surface area contributed by atoms with E-state index in [4.69, 9.17) is 15.6 Å². The van der Waals surface area contributed by atoms with Gasteiger partial charge in [0.1, 0.15) is 11.9 Å². The second-order valence-electron chi connectivity index (χ2n) is 4.69. The summed E-state index contributed by atoms with van der Waals surface area (Å²) in [5.74, 6) is -1.69. The third kappa shape index (κ3) is 2.01. The molecule has 2 aromatic rings. The van der Waals surface area contributed by atoms with E-state index in [1.165, 1.54) is 16.8 Å². The Labute approximate surface area is 122 Å². The van der Waals surface area contributed by atoms with Crippen LogP contribution in [0, 0.1) is 0 Å². The van der Waals surface area contributed by atoms with Crippen molar-refractivity contribution in [3.05, 3.63) is 33.9 Å². The molecule has 0 radical (unpaired) electrons. The largest absolute Gasteiger partial charge is 0.510 e. The highest BCUT2D eigenvalue weighted by Crippen LogP contribution is 2.29. The predicted molar refractivity (Wildman–Crippen MR) is 73.4 cm³/mol. The Hall–Kier alpha value is -2.85. The molecule has 2 aromatic heterocycles. The number of aliphatic hydroxyl groups excluding tert-OH is 2. The van der Waals surface area contributed by atoms with Crippen molar-refractivity contribution < 1.29 is 24.9 Å². The molecule has 0 spiro atoms. The maximum Gasteiger partial charge on any atom is 0.338 e. The SMILES string of the molecule is Nc1nc2c(c(C(=O)O)cn2C2C=C(O)C(CO)O2)c(=O)[nH]1. The van der Waals surface area contributed by atoms with Crippen molar-refractivity contribution in [3.8, 4) is 0 Å². The number of fused-ring (bicyclic) bond motifs is 1. The number of H-pyrrole nitrogens is 1. The van der Waals surface area contributed by atoms with Crippen LogP contribution in [0.3, 0.4) is 0 Å². The third-order valence-electron chi connectivity index (χ3n) is 3.32. The average molecular weight is 308 g/mol.